The Labute approximate surface area is 367 Å². The topological polar surface area (TPSA) is 29.9 Å². The minimum Gasteiger partial charge on any atom is -0.470 e. The third-order valence-electron chi connectivity index (χ3n) is 12.6. The second kappa shape index (κ2) is 15.5. The van der Waals surface area contributed by atoms with Crippen molar-refractivity contribution in [1.29, 1.82) is 0 Å². The molecule has 4 aliphatic rings. The Balaban J connectivity index is 1.18. The van der Waals surface area contributed by atoms with Crippen molar-refractivity contribution in [3.8, 4) is 5.69 Å². The highest BCUT2D eigenvalue weighted by atomic mass is 16.5. The molecule has 5 nitrogen and oxygen atoms in total. The lowest BCUT2D eigenvalue weighted by Crippen LogP contribution is -2.22. The number of benzene rings is 7. The number of hydrogen-bond donors (Lipinski definition) is 0. The van der Waals surface area contributed by atoms with Crippen LogP contribution in [0.15, 0.2) is 248 Å². The van der Waals surface area contributed by atoms with E-state index in [0.717, 1.165) is 73.5 Å². The van der Waals surface area contributed by atoms with Crippen LogP contribution >= 0.6 is 0 Å². The molecule has 4 unspecified atom stereocenters. The van der Waals surface area contributed by atoms with E-state index in [0.29, 0.717) is 0 Å². The van der Waals surface area contributed by atoms with Gasteiger partial charge in [-0.3, -0.25) is 9.80 Å². The van der Waals surface area contributed by atoms with Gasteiger partial charge in [0.05, 0.1) is 28.1 Å². The Morgan fingerprint density at radius 1 is 0.365 bits per heavy atom. The number of aromatic nitrogens is 1. The molecule has 7 aromatic carbocycles. The van der Waals surface area contributed by atoms with Gasteiger partial charge >= 0.3 is 0 Å². The van der Waals surface area contributed by atoms with Gasteiger partial charge in [-0.15, -0.1) is 0 Å². The van der Waals surface area contributed by atoms with E-state index in [2.05, 4.69) is 251 Å². The summed E-state index contributed by atoms with van der Waals surface area (Å²) in [4.78, 5) is 4.64. The number of hydrogen-bond acceptors (Lipinski definition) is 4. The van der Waals surface area contributed by atoms with Gasteiger partial charge in [0.25, 0.3) is 0 Å². The van der Waals surface area contributed by atoms with Crippen LogP contribution < -0.4 is 9.80 Å². The summed E-state index contributed by atoms with van der Waals surface area (Å²) in [7, 11) is 0. The molecule has 12 rings (SSSR count). The van der Waals surface area contributed by atoms with E-state index in [9.17, 15) is 0 Å². The van der Waals surface area contributed by atoms with Crippen molar-refractivity contribution in [2.24, 2.45) is 11.8 Å². The fourth-order valence-corrected chi connectivity index (χ4v) is 9.89. The lowest BCUT2D eigenvalue weighted by molar-refractivity contribution is 0.162. The van der Waals surface area contributed by atoms with Crippen LogP contribution in [-0.2, 0) is 9.47 Å². The van der Waals surface area contributed by atoms with Crippen molar-refractivity contribution in [3.05, 3.63) is 260 Å². The molecule has 63 heavy (non-hydrogen) atoms. The number of nitrogens with zero attached hydrogens (tertiary/aromatic N) is 3. The summed E-state index contributed by atoms with van der Waals surface area (Å²) >= 11 is 0. The van der Waals surface area contributed by atoms with Gasteiger partial charge in [-0.2, -0.15) is 0 Å². The minimum absolute atomic E-state index is 0.0364. The molecule has 8 aromatic rings. The molecule has 3 heterocycles. The molecule has 0 fully saturated rings. The average molecular weight is 814 g/mol. The highest BCUT2D eigenvalue weighted by Gasteiger charge is 2.41. The van der Waals surface area contributed by atoms with Gasteiger partial charge in [0, 0.05) is 45.1 Å². The Morgan fingerprint density at radius 3 is 1.19 bits per heavy atom. The second-order valence-corrected chi connectivity index (χ2v) is 16.3. The zero-order valence-electron chi connectivity index (χ0n) is 34.5. The van der Waals surface area contributed by atoms with Crippen LogP contribution in [0.1, 0.15) is 11.1 Å². The van der Waals surface area contributed by atoms with Crippen molar-refractivity contribution in [2.75, 3.05) is 9.80 Å². The van der Waals surface area contributed by atoms with Crippen molar-refractivity contribution in [2.45, 2.75) is 12.2 Å². The third-order valence-corrected chi connectivity index (χ3v) is 12.6. The van der Waals surface area contributed by atoms with Crippen molar-refractivity contribution < 1.29 is 9.47 Å². The van der Waals surface area contributed by atoms with Crippen LogP contribution in [0.4, 0.5) is 22.7 Å². The first kappa shape index (κ1) is 36.8. The Bertz CT molecular complexity index is 2990. The monoisotopic (exact) mass is 813 g/mol. The Kier molecular flexibility index (Phi) is 9.03. The maximum absolute atomic E-state index is 7.20. The Hall–Kier alpha value is -8.02. The average Bonchev–Trinajstić information content (AvgIpc) is 4.03. The van der Waals surface area contributed by atoms with Gasteiger partial charge in [-0.25, -0.2) is 0 Å². The number of anilines is 4. The quantitative estimate of drug-likeness (QED) is 0.145. The predicted molar refractivity (Wildman–Crippen MR) is 258 cm³/mol. The largest absolute Gasteiger partial charge is 0.470 e. The predicted octanol–water partition coefficient (Wildman–Crippen LogP) is 14.1. The molecule has 0 saturated carbocycles. The molecule has 5 heteroatoms. The molecule has 0 radical (unpaired) electrons. The van der Waals surface area contributed by atoms with E-state index in [1.165, 1.54) is 10.8 Å². The summed E-state index contributed by atoms with van der Waals surface area (Å²) in [5, 5.41) is 2.40. The SMILES string of the molecule is C1=CC2OC(N(c3ccccc3)c3cc(N(C4=C(c5ccccc5)C5C=CC=CC5O4)c4ccccc4)cc(-n4c5ccccc5c5ccccc54)c3)=C(c3ccccc3)C2C=C1. The molecule has 2 aliphatic carbocycles. The van der Waals surface area contributed by atoms with E-state index in [-0.39, 0.29) is 24.0 Å². The van der Waals surface area contributed by atoms with Gasteiger partial charge in [0.2, 0.25) is 11.8 Å². The number of allylic oxidation sites excluding steroid dienone is 4. The molecule has 0 saturated heterocycles. The first-order valence-corrected chi connectivity index (χ1v) is 21.7. The van der Waals surface area contributed by atoms with Gasteiger partial charge in [0.15, 0.2) is 0 Å². The summed E-state index contributed by atoms with van der Waals surface area (Å²) in [5.41, 5.74) is 11.7. The molecular formula is C58H43N3O2. The van der Waals surface area contributed by atoms with Crippen LogP contribution in [0.3, 0.4) is 0 Å². The van der Waals surface area contributed by atoms with Crippen LogP contribution in [-0.4, -0.2) is 16.8 Å². The summed E-state index contributed by atoms with van der Waals surface area (Å²) in [6, 6.07) is 67.0. The molecule has 1 aromatic heterocycles. The molecule has 0 N–H and O–H groups in total. The Morgan fingerprint density at radius 2 is 0.746 bits per heavy atom. The number of fused-ring (bicyclic) bond motifs is 5. The first-order chi connectivity index (χ1) is 31.3. The number of para-hydroxylation sites is 4. The maximum Gasteiger partial charge on any atom is 0.203 e. The first-order valence-electron chi connectivity index (χ1n) is 21.7. The smallest absolute Gasteiger partial charge is 0.203 e. The van der Waals surface area contributed by atoms with E-state index in [1.807, 2.05) is 0 Å². The molecule has 0 bridgehead atoms. The standard InChI is InChI=1S/C58H43N3O2/c1-5-21-40(22-6-1)55-49-31-15-19-35-53(49)62-57(55)59(42-25-9-3-10-26-42)44-37-45(39-46(38-44)61-51-33-17-13-29-47(51)48-30-14-18-34-52(48)61)60(43-27-11-4-12-28-43)58-56(41-23-7-2-8-24-41)50-32-16-20-36-54(50)63-58/h1-39,49-50,53-54H. The molecule has 2 aliphatic heterocycles. The highest BCUT2D eigenvalue weighted by molar-refractivity contribution is 6.09. The zero-order chi connectivity index (χ0) is 41.7. The molecule has 0 spiro atoms. The third kappa shape index (κ3) is 6.31. The summed E-state index contributed by atoms with van der Waals surface area (Å²) in [6.07, 6.45) is 17.1. The summed E-state index contributed by atoms with van der Waals surface area (Å²) < 4.78 is 16.8. The van der Waals surface area contributed by atoms with E-state index >= 15 is 0 Å². The van der Waals surface area contributed by atoms with Gasteiger partial charge in [0.1, 0.15) is 12.2 Å². The normalized spacial score (nSPS) is 19.6. The van der Waals surface area contributed by atoms with Gasteiger partial charge < -0.3 is 14.0 Å². The van der Waals surface area contributed by atoms with Crippen LogP contribution in [0.5, 0.6) is 0 Å². The van der Waals surface area contributed by atoms with E-state index < -0.39 is 0 Å². The summed E-state index contributed by atoms with van der Waals surface area (Å²) in [6.45, 7) is 0. The van der Waals surface area contributed by atoms with E-state index in [4.69, 9.17) is 9.47 Å². The molecule has 0 amide bonds. The highest BCUT2D eigenvalue weighted by Crippen LogP contribution is 2.50. The summed E-state index contributed by atoms with van der Waals surface area (Å²) in [5.74, 6) is 1.68. The lowest BCUT2D eigenvalue weighted by Gasteiger charge is -2.31. The number of rotatable bonds is 9. The van der Waals surface area contributed by atoms with Crippen LogP contribution in [0.2, 0.25) is 0 Å². The van der Waals surface area contributed by atoms with Gasteiger partial charge in [-0.1, -0.05) is 170 Å². The van der Waals surface area contributed by atoms with Crippen molar-refractivity contribution in [3.63, 3.8) is 0 Å². The van der Waals surface area contributed by atoms with Crippen molar-refractivity contribution >= 4 is 55.7 Å². The molecule has 302 valence electrons. The lowest BCUT2D eigenvalue weighted by atomic mass is 9.87. The molecular weight excluding hydrogens is 771 g/mol. The van der Waals surface area contributed by atoms with Gasteiger partial charge in [-0.05, 0) is 77.9 Å². The molecule has 4 atom stereocenters. The van der Waals surface area contributed by atoms with Crippen LogP contribution in [0, 0.1) is 11.8 Å². The fourth-order valence-electron chi connectivity index (χ4n) is 9.89. The fraction of sp³-hybridized carbons (Fsp3) is 0.0690. The second-order valence-electron chi connectivity index (χ2n) is 16.3. The van der Waals surface area contributed by atoms with Crippen LogP contribution in [0.25, 0.3) is 38.6 Å². The maximum atomic E-state index is 7.20. The number of ether oxygens (including phenoxy) is 2. The zero-order valence-corrected chi connectivity index (χ0v) is 34.5. The van der Waals surface area contributed by atoms with E-state index in [1.54, 1.807) is 0 Å². The minimum atomic E-state index is -0.151. The van der Waals surface area contributed by atoms with Crippen molar-refractivity contribution in [1.82, 2.24) is 4.57 Å².